The number of rotatable bonds is 4. The standard InChI is InChI=1S/C18H25N3O4/c1-2-21(18(23)20-14-7-5-6-10-19-17(14)22)11-13-12-24-15-8-3-4-9-16(15)25-13/h3-4,8-9,13-14H,2,5-7,10-12H2,1H3,(H,19,22)(H,20,23)/t13-,14+/m0/s1. The minimum absolute atomic E-state index is 0.104. The summed E-state index contributed by atoms with van der Waals surface area (Å²) in [5.74, 6) is 1.31. The van der Waals surface area contributed by atoms with E-state index in [1.807, 2.05) is 31.2 Å². The fourth-order valence-electron chi connectivity index (χ4n) is 3.07. The van der Waals surface area contributed by atoms with Crippen molar-refractivity contribution in [3.63, 3.8) is 0 Å². The van der Waals surface area contributed by atoms with Gasteiger partial charge in [-0.2, -0.15) is 0 Å². The molecule has 7 heteroatoms. The zero-order chi connectivity index (χ0) is 17.6. The zero-order valence-electron chi connectivity index (χ0n) is 14.5. The Morgan fingerprint density at radius 1 is 1.32 bits per heavy atom. The molecule has 25 heavy (non-hydrogen) atoms. The van der Waals surface area contributed by atoms with Crippen LogP contribution in [-0.4, -0.2) is 55.2 Å². The van der Waals surface area contributed by atoms with Crippen LogP contribution in [0.2, 0.25) is 0 Å². The van der Waals surface area contributed by atoms with Gasteiger partial charge in [-0.25, -0.2) is 4.79 Å². The van der Waals surface area contributed by atoms with Gasteiger partial charge in [0, 0.05) is 13.1 Å². The van der Waals surface area contributed by atoms with Gasteiger partial charge in [-0.15, -0.1) is 0 Å². The minimum Gasteiger partial charge on any atom is -0.486 e. The maximum Gasteiger partial charge on any atom is 0.318 e. The fraction of sp³-hybridized carbons (Fsp3) is 0.556. The zero-order valence-corrected chi connectivity index (χ0v) is 14.5. The second kappa shape index (κ2) is 8.09. The first-order valence-corrected chi connectivity index (χ1v) is 8.89. The molecule has 0 bridgehead atoms. The van der Waals surface area contributed by atoms with E-state index in [0.717, 1.165) is 18.6 Å². The van der Waals surface area contributed by atoms with E-state index in [4.69, 9.17) is 9.47 Å². The Labute approximate surface area is 147 Å². The van der Waals surface area contributed by atoms with Crippen LogP contribution < -0.4 is 20.1 Å². The Bertz CT molecular complexity index is 622. The number of carbonyl (C=O) groups excluding carboxylic acids is 2. The first-order chi connectivity index (χ1) is 12.2. The molecule has 2 N–H and O–H groups in total. The predicted octanol–water partition coefficient (Wildman–Crippen LogP) is 1.53. The number of ether oxygens (including phenoxy) is 2. The quantitative estimate of drug-likeness (QED) is 0.866. The third-order valence-corrected chi connectivity index (χ3v) is 4.49. The van der Waals surface area contributed by atoms with Crippen molar-refractivity contribution in [2.75, 3.05) is 26.2 Å². The number of likely N-dealkylation sites (N-methyl/N-ethyl adjacent to an activating group) is 1. The molecule has 3 amide bonds. The molecule has 3 rings (SSSR count). The van der Waals surface area contributed by atoms with Crippen LogP contribution in [0, 0.1) is 0 Å². The molecule has 2 atom stereocenters. The lowest BCUT2D eigenvalue weighted by atomic mass is 10.1. The average Bonchev–Trinajstić information content (AvgIpc) is 2.84. The van der Waals surface area contributed by atoms with Crippen LogP contribution in [0.4, 0.5) is 4.79 Å². The molecule has 2 aliphatic heterocycles. The molecule has 0 spiro atoms. The van der Waals surface area contributed by atoms with Crippen LogP contribution in [0.25, 0.3) is 0 Å². The Kier molecular flexibility index (Phi) is 5.63. The van der Waals surface area contributed by atoms with Crippen molar-refractivity contribution in [1.29, 1.82) is 0 Å². The van der Waals surface area contributed by atoms with E-state index >= 15 is 0 Å². The van der Waals surface area contributed by atoms with Gasteiger partial charge in [0.05, 0.1) is 6.54 Å². The smallest absolute Gasteiger partial charge is 0.318 e. The normalized spacial score (nSPS) is 22.5. The second-order valence-corrected chi connectivity index (χ2v) is 6.33. The van der Waals surface area contributed by atoms with Crippen molar-refractivity contribution in [1.82, 2.24) is 15.5 Å². The first kappa shape index (κ1) is 17.4. The van der Waals surface area contributed by atoms with Crippen LogP contribution in [0.5, 0.6) is 11.5 Å². The van der Waals surface area contributed by atoms with Crippen LogP contribution in [0.15, 0.2) is 24.3 Å². The molecule has 0 unspecified atom stereocenters. The van der Waals surface area contributed by atoms with Crippen molar-refractivity contribution < 1.29 is 19.1 Å². The topological polar surface area (TPSA) is 79.9 Å². The molecule has 0 radical (unpaired) electrons. The van der Waals surface area contributed by atoms with Gasteiger partial charge in [0.25, 0.3) is 0 Å². The number of amides is 3. The maximum atomic E-state index is 12.6. The number of hydrogen-bond donors (Lipinski definition) is 2. The van der Waals surface area contributed by atoms with Gasteiger partial charge in [-0.1, -0.05) is 12.1 Å². The molecule has 0 saturated carbocycles. The fourth-order valence-corrected chi connectivity index (χ4v) is 3.07. The van der Waals surface area contributed by atoms with Gasteiger partial charge in [0.15, 0.2) is 17.6 Å². The molecule has 136 valence electrons. The van der Waals surface area contributed by atoms with Crippen molar-refractivity contribution in [2.24, 2.45) is 0 Å². The lowest BCUT2D eigenvalue weighted by Crippen LogP contribution is -2.53. The second-order valence-electron chi connectivity index (χ2n) is 6.33. The molecule has 2 aliphatic rings. The number of nitrogens with one attached hydrogen (secondary N) is 2. The van der Waals surface area contributed by atoms with E-state index in [1.165, 1.54) is 0 Å². The number of nitrogens with zero attached hydrogens (tertiary/aromatic N) is 1. The molecule has 7 nitrogen and oxygen atoms in total. The van der Waals surface area contributed by atoms with Gasteiger partial charge >= 0.3 is 6.03 Å². The summed E-state index contributed by atoms with van der Waals surface area (Å²) in [4.78, 5) is 26.2. The molecule has 0 aliphatic carbocycles. The van der Waals surface area contributed by atoms with Gasteiger partial charge < -0.3 is 25.0 Å². The van der Waals surface area contributed by atoms with Gasteiger partial charge in [0.1, 0.15) is 12.6 Å². The molecular formula is C18H25N3O4. The summed E-state index contributed by atoms with van der Waals surface area (Å²) in [6, 6.07) is 6.79. The number of carbonyl (C=O) groups is 2. The average molecular weight is 347 g/mol. The van der Waals surface area contributed by atoms with E-state index in [1.54, 1.807) is 4.90 Å². The molecule has 1 saturated heterocycles. The van der Waals surface area contributed by atoms with E-state index < -0.39 is 6.04 Å². The van der Waals surface area contributed by atoms with Gasteiger partial charge in [0.2, 0.25) is 5.91 Å². The van der Waals surface area contributed by atoms with Crippen LogP contribution >= 0.6 is 0 Å². The summed E-state index contributed by atoms with van der Waals surface area (Å²) in [6.45, 7) is 3.91. The van der Waals surface area contributed by atoms with Gasteiger partial charge in [-0.3, -0.25) is 4.79 Å². The number of urea groups is 1. The number of hydrogen-bond acceptors (Lipinski definition) is 4. The van der Waals surface area contributed by atoms with Crippen molar-refractivity contribution in [3.05, 3.63) is 24.3 Å². The van der Waals surface area contributed by atoms with Crippen LogP contribution in [-0.2, 0) is 4.79 Å². The Morgan fingerprint density at radius 3 is 2.92 bits per heavy atom. The molecule has 1 aromatic carbocycles. The molecule has 1 fully saturated rings. The Hall–Kier alpha value is -2.44. The highest BCUT2D eigenvalue weighted by Crippen LogP contribution is 2.31. The van der Waals surface area contributed by atoms with Crippen molar-refractivity contribution in [2.45, 2.75) is 38.3 Å². The molecule has 1 aromatic rings. The summed E-state index contributed by atoms with van der Waals surface area (Å²) in [7, 11) is 0. The van der Waals surface area contributed by atoms with Crippen LogP contribution in [0.1, 0.15) is 26.2 Å². The first-order valence-electron chi connectivity index (χ1n) is 8.89. The number of benzene rings is 1. The van der Waals surface area contributed by atoms with E-state index in [-0.39, 0.29) is 18.0 Å². The highest BCUT2D eigenvalue weighted by Gasteiger charge is 2.28. The lowest BCUT2D eigenvalue weighted by molar-refractivity contribution is -0.122. The summed E-state index contributed by atoms with van der Waals surface area (Å²) < 4.78 is 11.6. The highest BCUT2D eigenvalue weighted by atomic mass is 16.6. The minimum atomic E-state index is -0.465. The predicted molar refractivity (Wildman–Crippen MR) is 92.8 cm³/mol. The third-order valence-electron chi connectivity index (χ3n) is 4.49. The maximum absolute atomic E-state index is 12.6. The van der Waals surface area contributed by atoms with E-state index in [2.05, 4.69) is 10.6 Å². The molecule has 2 heterocycles. The largest absolute Gasteiger partial charge is 0.486 e. The monoisotopic (exact) mass is 347 g/mol. The highest BCUT2D eigenvalue weighted by molar-refractivity contribution is 5.87. The van der Waals surface area contributed by atoms with Crippen molar-refractivity contribution in [3.8, 4) is 11.5 Å². The Morgan fingerprint density at radius 2 is 2.12 bits per heavy atom. The summed E-state index contributed by atoms with van der Waals surface area (Å²) in [6.07, 6.45) is 2.31. The van der Waals surface area contributed by atoms with Gasteiger partial charge in [-0.05, 0) is 38.3 Å². The van der Waals surface area contributed by atoms with Crippen LogP contribution in [0.3, 0.4) is 0 Å². The van der Waals surface area contributed by atoms with E-state index in [0.29, 0.717) is 38.4 Å². The molecule has 0 aromatic heterocycles. The Balaban J connectivity index is 1.57. The summed E-state index contributed by atoms with van der Waals surface area (Å²) in [5.41, 5.74) is 0. The number of para-hydroxylation sites is 2. The summed E-state index contributed by atoms with van der Waals surface area (Å²) in [5, 5.41) is 5.68. The third kappa shape index (κ3) is 4.35. The SMILES string of the molecule is CCN(C[C@H]1COc2ccccc2O1)C(=O)N[C@@H]1CCCCNC1=O. The molecular weight excluding hydrogens is 322 g/mol. The van der Waals surface area contributed by atoms with Crippen molar-refractivity contribution >= 4 is 11.9 Å². The lowest BCUT2D eigenvalue weighted by Gasteiger charge is -2.31. The summed E-state index contributed by atoms with van der Waals surface area (Å²) >= 11 is 0. The van der Waals surface area contributed by atoms with E-state index in [9.17, 15) is 9.59 Å². The number of fused-ring (bicyclic) bond motifs is 1.